The maximum absolute atomic E-state index is 6.12. The van der Waals surface area contributed by atoms with Crippen molar-refractivity contribution in [2.45, 2.75) is 0 Å². The molecule has 0 N–H and O–H groups in total. The molecule has 3 aromatic rings. The van der Waals surface area contributed by atoms with E-state index in [-0.39, 0.29) is 0 Å². The molecule has 2 heteroatoms. The normalized spacial score (nSPS) is 10.6. The zero-order chi connectivity index (χ0) is 13.2. The maximum Gasteiger partial charge on any atom is 0.136 e. The molecule has 1 nitrogen and oxygen atoms in total. The first-order chi connectivity index (χ1) is 9.29. The molecular formula is C17H12ClN. The van der Waals surface area contributed by atoms with Crippen molar-refractivity contribution >= 4 is 28.4 Å². The number of rotatable bonds is 2. The Bertz CT molecular complexity index is 762. The van der Waals surface area contributed by atoms with Gasteiger partial charge in [0.1, 0.15) is 5.15 Å². The summed E-state index contributed by atoms with van der Waals surface area (Å²) in [5.41, 5.74) is 3.05. The smallest absolute Gasteiger partial charge is 0.136 e. The molecule has 0 fully saturated rings. The van der Waals surface area contributed by atoms with Gasteiger partial charge in [-0.05, 0) is 34.0 Å². The van der Waals surface area contributed by atoms with Gasteiger partial charge in [0.2, 0.25) is 0 Å². The topological polar surface area (TPSA) is 12.9 Å². The second kappa shape index (κ2) is 4.87. The highest BCUT2D eigenvalue weighted by atomic mass is 35.5. The van der Waals surface area contributed by atoms with Crippen molar-refractivity contribution in [1.82, 2.24) is 4.98 Å². The zero-order valence-corrected chi connectivity index (χ0v) is 11.1. The minimum atomic E-state index is 0.487. The molecule has 19 heavy (non-hydrogen) atoms. The number of hydrogen-bond donors (Lipinski definition) is 0. The number of fused-ring (bicyclic) bond motifs is 1. The van der Waals surface area contributed by atoms with Crippen LogP contribution in [0.1, 0.15) is 5.56 Å². The summed E-state index contributed by atoms with van der Waals surface area (Å²) < 4.78 is 0. The van der Waals surface area contributed by atoms with Crippen LogP contribution in [-0.4, -0.2) is 4.98 Å². The van der Waals surface area contributed by atoms with E-state index in [1.54, 1.807) is 12.3 Å². The first kappa shape index (κ1) is 11.9. The first-order valence-corrected chi connectivity index (χ1v) is 6.43. The molecular weight excluding hydrogens is 254 g/mol. The van der Waals surface area contributed by atoms with Gasteiger partial charge in [-0.25, -0.2) is 4.98 Å². The highest BCUT2D eigenvalue weighted by molar-refractivity contribution is 6.31. The molecule has 0 atom stereocenters. The predicted molar refractivity (Wildman–Crippen MR) is 82.3 cm³/mol. The molecule has 0 spiro atoms. The Labute approximate surface area is 117 Å². The van der Waals surface area contributed by atoms with Crippen molar-refractivity contribution in [3.8, 4) is 11.1 Å². The number of halogens is 1. The van der Waals surface area contributed by atoms with Crippen molar-refractivity contribution in [2.24, 2.45) is 0 Å². The average molecular weight is 266 g/mol. The third-order valence-corrected chi connectivity index (χ3v) is 3.51. The molecule has 0 amide bonds. The largest absolute Gasteiger partial charge is 0.244 e. The van der Waals surface area contributed by atoms with Gasteiger partial charge in [-0.3, -0.25) is 0 Å². The molecule has 3 rings (SSSR count). The van der Waals surface area contributed by atoms with Crippen LogP contribution in [0.15, 0.2) is 61.3 Å². The predicted octanol–water partition coefficient (Wildman–Crippen LogP) is 5.20. The Balaban J connectivity index is 2.24. The Hall–Kier alpha value is -2.12. The monoisotopic (exact) mass is 265 g/mol. The third kappa shape index (κ3) is 2.13. The van der Waals surface area contributed by atoms with E-state index < -0.39 is 0 Å². The molecule has 0 radical (unpaired) electrons. The minimum absolute atomic E-state index is 0.487. The van der Waals surface area contributed by atoms with E-state index in [2.05, 4.69) is 41.9 Å². The van der Waals surface area contributed by atoms with Crippen molar-refractivity contribution in [1.29, 1.82) is 0 Å². The molecule has 0 aliphatic carbocycles. The third-order valence-electron chi connectivity index (χ3n) is 3.21. The lowest BCUT2D eigenvalue weighted by atomic mass is 9.98. The second-order valence-electron chi connectivity index (χ2n) is 4.33. The number of nitrogens with zero attached hydrogens (tertiary/aromatic N) is 1. The lowest BCUT2D eigenvalue weighted by Gasteiger charge is -2.08. The van der Waals surface area contributed by atoms with Gasteiger partial charge in [-0.15, -0.1) is 0 Å². The minimum Gasteiger partial charge on any atom is -0.244 e. The summed E-state index contributed by atoms with van der Waals surface area (Å²) in [6.07, 6.45) is 3.47. The number of benzene rings is 2. The Morgan fingerprint density at radius 1 is 1.00 bits per heavy atom. The molecule has 0 unspecified atom stereocenters. The van der Waals surface area contributed by atoms with Crippen molar-refractivity contribution in [2.75, 3.05) is 0 Å². The van der Waals surface area contributed by atoms with Crippen LogP contribution in [0.4, 0.5) is 0 Å². The van der Waals surface area contributed by atoms with Crippen LogP contribution >= 0.6 is 11.6 Å². The lowest BCUT2D eigenvalue weighted by Crippen LogP contribution is -1.87. The summed E-state index contributed by atoms with van der Waals surface area (Å²) in [5, 5.41) is 2.93. The van der Waals surface area contributed by atoms with Gasteiger partial charge < -0.3 is 0 Å². The highest BCUT2D eigenvalue weighted by Gasteiger charge is 2.07. The molecule has 92 valence electrons. The van der Waals surface area contributed by atoms with Crippen LogP contribution in [0.5, 0.6) is 0 Å². The number of aromatic nitrogens is 1. The Kier molecular flexibility index (Phi) is 3.06. The maximum atomic E-state index is 6.12. The van der Waals surface area contributed by atoms with Crippen LogP contribution in [0.2, 0.25) is 5.15 Å². The fourth-order valence-corrected chi connectivity index (χ4v) is 2.49. The first-order valence-electron chi connectivity index (χ1n) is 6.06. The van der Waals surface area contributed by atoms with Crippen LogP contribution in [0.25, 0.3) is 28.0 Å². The zero-order valence-electron chi connectivity index (χ0n) is 10.3. The Morgan fingerprint density at radius 3 is 2.58 bits per heavy atom. The van der Waals surface area contributed by atoms with Crippen molar-refractivity contribution < 1.29 is 0 Å². The molecule has 2 aromatic carbocycles. The molecule has 0 bridgehead atoms. The van der Waals surface area contributed by atoms with Gasteiger partial charge in [0.05, 0.1) is 0 Å². The molecule has 1 heterocycles. The summed E-state index contributed by atoms with van der Waals surface area (Å²) in [6.45, 7) is 3.82. The average Bonchev–Trinajstić information content (AvgIpc) is 2.46. The van der Waals surface area contributed by atoms with E-state index >= 15 is 0 Å². The van der Waals surface area contributed by atoms with E-state index in [1.165, 1.54) is 10.8 Å². The van der Waals surface area contributed by atoms with Crippen molar-refractivity contribution in [3.05, 3.63) is 72.0 Å². The quantitative estimate of drug-likeness (QED) is 0.581. The van der Waals surface area contributed by atoms with Crippen LogP contribution in [-0.2, 0) is 0 Å². The molecule has 0 aliphatic heterocycles. The van der Waals surface area contributed by atoms with Crippen LogP contribution in [0, 0.1) is 0 Å². The van der Waals surface area contributed by atoms with Crippen molar-refractivity contribution in [3.63, 3.8) is 0 Å². The summed E-state index contributed by atoms with van der Waals surface area (Å²) in [4.78, 5) is 4.09. The van der Waals surface area contributed by atoms with Gasteiger partial charge in [0, 0.05) is 11.8 Å². The number of pyridine rings is 1. The fourth-order valence-electron chi connectivity index (χ4n) is 2.25. The SMILES string of the molecule is C=Cc1c(-c2ccc3ccccc3c2)ccnc1Cl. The number of hydrogen-bond acceptors (Lipinski definition) is 1. The molecule has 1 aromatic heterocycles. The summed E-state index contributed by atoms with van der Waals surface area (Å²) in [7, 11) is 0. The van der Waals surface area contributed by atoms with Gasteiger partial charge in [-0.2, -0.15) is 0 Å². The van der Waals surface area contributed by atoms with E-state index in [1.807, 2.05) is 18.2 Å². The second-order valence-corrected chi connectivity index (χ2v) is 4.69. The summed E-state index contributed by atoms with van der Waals surface area (Å²) in [5.74, 6) is 0. The summed E-state index contributed by atoms with van der Waals surface area (Å²) >= 11 is 6.12. The van der Waals surface area contributed by atoms with Gasteiger partial charge >= 0.3 is 0 Å². The van der Waals surface area contributed by atoms with Crippen LogP contribution in [0.3, 0.4) is 0 Å². The Morgan fingerprint density at radius 2 is 1.79 bits per heavy atom. The van der Waals surface area contributed by atoms with Crippen LogP contribution < -0.4 is 0 Å². The van der Waals surface area contributed by atoms with E-state index in [4.69, 9.17) is 11.6 Å². The van der Waals surface area contributed by atoms with E-state index in [9.17, 15) is 0 Å². The molecule has 0 saturated heterocycles. The summed E-state index contributed by atoms with van der Waals surface area (Å²) in [6, 6.07) is 16.6. The molecule has 0 aliphatic rings. The van der Waals surface area contributed by atoms with Gasteiger partial charge in [0.15, 0.2) is 0 Å². The lowest BCUT2D eigenvalue weighted by molar-refractivity contribution is 1.32. The molecule has 0 saturated carbocycles. The highest BCUT2D eigenvalue weighted by Crippen LogP contribution is 2.30. The van der Waals surface area contributed by atoms with E-state index in [0.29, 0.717) is 5.15 Å². The fraction of sp³-hybridized carbons (Fsp3) is 0. The van der Waals surface area contributed by atoms with Gasteiger partial charge in [0.25, 0.3) is 0 Å². The van der Waals surface area contributed by atoms with Gasteiger partial charge in [-0.1, -0.05) is 60.7 Å². The van der Waals surface area contributed by atoms with E-state index in [0.717, 1.165) is 16.7 Å². The standard InChI is InChI=1S/C17H12ClN/c1-2-15-16(9-10-19-17(15)18)14-8-7-12-5-3-4-6-13(12)11-14/h2-11H,1H2.